The molecule has 0 heterocycles. The molecule has 100 valence electrons. The number of Topliss-reactive ketones (excluding diaryl/α,β-unsaturated/α-hetero) is 1. The lowest BCUT2D eigenvalue weighted by molar-refractivity contribution is 0.0975. The van der Waals surface area contributed by atoms with Crippen LogP contribution >= 0.6 is 0 Å². The van der Waals surface area contributed by atoms with Crippen molar-refractivity contribution in [2.75, 3.05) is 0 Å². The summed E-state index contributed by atoms with van der Waals surface area (Å²) in [5.74, 6) is -2.08. The Balaban J connectivity index is 2.43. The molecular formula is C17H14FNO. The van der Waals surface area contributed by atoms with Crippen LogP contribution in [0.5, 0.6) is 0 Å². The third-order valence-corrected chi connectivity index (χ3v) is 3.39. The predicted octanol–water partition coefficient (Wildman–Crippen LogP) is 3.93. The van der Waals surface area contributed by atoms with Crippen molar-refractivity contribution in [1.29, 1.82) is 5.26 Å². The van der Waals surface area contributed by atoms with Gasteiger partial charge in [0.05, 0.1) is 11.6 Å². The van der Waals surface area contributed by atoms with Crippen molar-refractivity contribution in [1.82, 2.24) is 0 Å². The van der Waals surface area contributed by atoms with Crippen LogP contribution < -0.4 is 0 Å². The Bertz CT molecular complexity index is 700. The van der Waals surface area contributed by atoms with E-state index in [0.29, 0.717) is 5.56 Å². The molecule has 2 aromatic rings. The number of hydrogen-bond donors (Lipinski definition) is 0. The summed E-state index contributed by atoms with van der Waals surface area (Å²) >= 11 is 0. The smallest absolute Gasteiger partial charge is 0.187 e. The SMILES string of the molecule is Cc1ccc(C(C#N)C(=O)c2ccccc2F)cc1C. The first-order valence-electron chi connectivity index (χ1n) is 6.30. The molecule has 0 aromatic heterocycles. The molecule has 0 saturated heterocycles. The lowest BCUT2D eigenvalue weighted by atomic mass is 9.90. The number of nitriles is 1. The van der Waals surface area contributed by atoms with E-state index in [1.807, 2.05) is 32.0 Å². The fraction of sp³-hybridized carbons (Fsp3) is 0.176. The molecule has 0 aliphatic heterocycles. The zero-order valence-electron chi connectivity index (χ0n) is 11.4. The zero-order valence-corrected chi connectivity index (χ0v) is 11.4. The van der Waals surface area contributed by atoms with Crippen LogP contribution in [0.4, 0.5) is 4.39 Å². The molecule has 0 amide bonds. The van der Waals surface area contributed by atoms with Crippen molar-refractivity contribution < 1.29 is 9.18 Å². The molecule has 3 heteroatoms. The van der Waals surface area contributed by atoms with E-state index < -0.39 is 17.5 Å². The summed E-state index contributed by atoms with van der Waals surface area (Å²) in [7, 11) is 0. The lowest BCUT2D eigenvalue weighted by Gasteiger charge is -2.11. The van der Waals surface area contributed by atoms with E-state index in [2.05, 4.69) is 0 Å². The first-order chi connectivity index (χ1) is 9.54. The summed E-state index contributed by atoms with van der Waals surface area (Å²) in [6, 6.07) is 13.1. The molecule has 20 heavy (non-hydrogen) atoms. The van der Waals surface area contributed by atoms with Crippen LogP contribution in [0.2, 0.25) is 0 Å². The molecule has 2 nitrogen and oxygen atoms in total. The molecule has 0 aliphatic carbocycles. The highest BCUT2D eigenvalue weighted by molar-refractivity contribution is 6.02. The van der Waals surface area contributed by atoms with E-state index in [1.165, 1.54) is 18.2 Å². The Labute approximate surface area is 117 Å². The van der Waals surface area contributed by atoms with Gasteiger partial charge in [0.25, 0.3) is 0 Å². The average Bonchev–Trinajstić information content (AvgIpc) is 2.44. The van der Waals surface area contributed by atoms with Crippen molar-refractivity contribution in [2.24, 2.45) is 0 Å². The standard InChI is InChI=1S/C17H14FNO/c1-11-7-8-13(9-12(11)2)15(10-19)17(20)14-5-3-4-6-16(14)18/h3-9,15H,1-2H3. The van der Waals surface area contributed by atoms with Gasteiger partial charge >= 0.3 is 0 Å². The summed E-state index contributed by atoms with van der Waals surface area (Å²) in [6.07, 6.45) is 0. The molecule has 0 saturated carbocycles. The van der Waals surface area contributed by atoms with Crippen LogP contribution in [-0.4, -0.2) is 5.78 Å². The Hall–Kier alpha value is -2.47. The van der Waals surface area contributed by atoms with Crippen molar-refractivity contribution in [3.8, 4) is 6.07 Å². The Morgan fingerprint density at radius 2 is 1.85 bits per heavy atom. The van der Waals surface area contributed by atoms with Crippen molar-refractivity contribution in [3.05, 3.63) is 70.5 Å². The summed E-state index contributed by atoms with van der Waals surface area (Å²) in [5, 5.41) is 9.27. The number of aryl methyl sites for hydroxylation is 2. The Morgan fingerprint density at radius 1 is 1.15 bits per heavy atom. The van der Waals surface area contributed by atoms with E-state index in [1.54, 1.807) is 12.1 Å². The molecule has 0 spiro atoms. The van der Waals surface area contributed by atoms with E-state index in [-0.39, 0.29) is 5.56 Å². The third-order valence-electron chi connectivity index (χ3n) is 3.39. The highest BCUT2D eigenvalue weighted by Crippen LogP contribution is 2.23. The van der Waals surface area contributed by atoms with Gasteiger partial charge in [0, 0.05) is 0 Å². The number of hydrogen-bond acceptors (Lipinski definition) is 2. The molecule has 1 atom stereocenters. The van der Waals surface area contributed by atoms with Crippen LogP contribution in [0.15, 0.2) is 42.5 Å². The molecule has 2 aromatic carbocycles. The maximum Gasteiger partial charge on any atom is 0.187 e. The van der Waals surface area contributed by atoms with Gasteiger partial charge in [-0.3, -0.25) is 4.79 Å². The fourth-order valence-electron chi connectivity index (χ4n) is 2.05. The van der Waals surface area contributed by atoms with Crippen LogP contribution in [-0.2, 0) is 0 Å². The number of rotatable bonds is 3. The zero-order chi connectivity index (χ0) is 14.7. The third kappa shape index (κ3) is 2.60. The quantitative estimate of drug-likeness (QED) is 0.790. The van der Waals surface area contributed by atoms with Gasteiger partial charge in [-0.25, -0.2) is 4.39 Å². The number of benzene rings is 2. The summed E-state index contributed by atoms with van der Waals surface area (Å²) < 4.78 is 13.7. The number of carbonyl (C=O) groups excluding carboxylic acids is 1. The largest absolute Gasteiger partial charge is 0.292 e. The fourth-order valence-corrected chi connectivity index (χ4v) is 2.05. The predicted molar refractivity (Wildman–Crippen MR) is 75.0 cm³/mol. The second-order valence-corrected chi connectivity index (χ2v) is 4.75. The Kier molecular flexibility index (Phi) is 3.95. The first-order valence-corrected chi connectivity index (χ1v) is 6.30. The van der Waals surface area contributed by atoms with Crippen molar-refractivity contribution >= 4 is 5.78 Å². The van der Waals surface area contributed by atoms with Gasteiger partial charge in [-0.15, -0.1) is 0 Å². The molecule has 0 aliphatic rings. The molecule has 1 unspecified atom stereocenters. The first kappa shape index (κ1) is 14.0. The number of ketones is 1. The molecular weight excluding hydrogens is 253 g/mol. The van der Waals surface area contributed by atoms with E-state index in [9.17, 15) is 14.4 Å². The van der Waals surface area contributed by atoms with Gasteiger partial charge in [-0.2, -0.15) is 5.26 Å². The second kappa shape index (κ2) is 5.66. The van der Waals surface area contributed by atoms with Gasteiger partial charge in [0.15, 0.2) is 5.78 Å². The average molecular weight is 267 g/mol. The van der Waals surface area contributed by atoms with E-state index in [4.69, 9.17) is 0 Å². The second-order valence-electron chi connectivity index (χ2n) is 4.75. The number of halogens is 1. The van der Waals surface area contributed by atoms with Gasteiger partial charge < -0.3 is 0 Å². The highest BCUT2D eigenvalue weighted by Gasteiger charge is 2.24. The van der Waals surface area contributed by atoms with Gasteiger partial charge in [-0.1, -0.05) is 30.3 Å². The van der Waals surface area contributed by atoms with Gasteiger partial charge in [-0.05, 0) is 42.7 Å². The number of nitrogens with zero attached hydrogens (tertiary/aromatic N) is 1. The normalized spacial score (nSPS) is 11.7. The van der Waals surface area contributed by atoms with Crippen LogP contribution in [0, 0.1) is 31.0 Å². The van der Waals surface area contributed by atoms with Crippen molar-refractivity contribution in [3.63, 3.8) is 0 Å². The minimum Gasteiger partial charge on any atom is -0.292 e. The summed E-state index contributed by atoms with van der Waals surface area (Å²) in [4.78, 5) is 12.3. The number of carbonyl (C=O) groups is 1. The van der Waals surface area contributed by atoms with Gasteiger partial charge in [0.2, 0.25) is 0 Å². The molecule has 0 N–H and O–H groups in total. The minimum atomic E-state index is -0.980. The highest BCUT2D eigenvalue weighted by atomic mass is 19.1. The van der Waals surface area contributed by atoms with E-state index in [0.717, 1.165) is 11.1 Å². The molecule has 0 bridgehead atoms. The maximum atomic E-state index is 13.7. The van der Waals surface area contributed by atoms with E-state index >= 15 is 0 Å². The van der Waals surface area contributed by atoms with Crippen LogP contribution in [0.3, 0.4) is 0 Å². The lowest BCUT2D eigenvalue weighted by Crippen LogP contribution is -2.13. The minimum absolute atomic E-state index is 0.0442. The monoisotopic (exact) mass is 267 g/mol. The van der Waals surface area contributed by atoms with Crippen LogP contribution in [0.1, 0.15) is 33.0 Å². The summed E-state index contributed by atoms with van der Waals surface area (Å²) in [5.41, 5.74) is 2.65. The summed E-state index contributed by atoms with van der Waals surface area (Å²) in [6.45, 7) is 3.88. The molecule has 0 radical (unpaired) electrons. The van der Waals surface area contributed by atoms with Crippen LogP contribution in [0.25, 0.3) is 0 Å². The topological polar surface area (TPSA) is 40.9 Å². The Morgan fingerprint density at radius 3 is 2.45 bits per heavy atom. The molecule has 2 rings (SSSR count). The molecule has 0 fully saturated rings. The van der Waals surface area contributed by atoms with Crippen molar-refractivity contribution in [2.45, 2.75) is 19.8 Å². The van der Waals surface area contributed by atoms with Gasteiger partial charge in [0.1, 0.15) is 11.7 Å². The maximum absolute atomic E-state index is 13.7.